The van der Waals surface area contributed by atoms with Gasteiger partial charge < -0.3 is 15.4 Å². The third-order valence-electron chi connectivity index (χ3n) is 9.45. The van der Waals surface area contributed by atoms with Crippen LogP contribution < -0.4 is 5.73 Å². The molecule has 0 radical (unpaired) electrons. The molecule has 0 unspecified atom stereocenters. The van der Waals surface area contributed by atoms with Crippen molar-refractivity contribution in [3.63, 3.8) is 0 Å². The van der Waals surface area contributed by atoms with Crippen LogP contribution in [0.25, 0.3) is 39.5 Å². The van der Waals surface area contributed by atoms with E-state index >= 15 is 0 Å². The maximum absolute atomic E-state index is 11.9. The van der Waals surface area contributed by atoms with Crippen molar-refractivity contribution in [2.24, 2.45) is 11.8 Å². The fourth-order valence-corrected chi connectivity index (χ4v) is 7.04. The smallest absolute Gasteiger partial charge is 0.308 e. The first kappa shape index (κ1) is 28.2. The van der Waals surface area contributed by atoms with E-state index in [0.29, 0.717) is 17.7 Å². The molecular weight excluding hydrogens is 548 g/mol. The van der Waals surface area contributed by atoms with Crippen LogP contribution in [0.4, 0.5) is 5.82 Å². The molecule has 0 spiro atoms. The fraction of sp³-hybridized carbons (Fsp3) is 0.333. The van der Waals surface area contributed by atoms with E-state index in [2.05, 4.69) is 50.8 Å². The van der Waals surface area contributed by atoms with Gasteiger partial charge in [-0.05, 0) is 92.4 Å². The predicted molar refractivity (Wildman–Crippen MR) is 173 cm³/mol. The molecule has 2 aliphatic rings. The van der Waals surface area contributed by atoms with Crippen LogP contribution in [0.2, 0.25) is 0 Å². The van der Waals surface area contributed by atoms with Crippen molar-refractivity contribution < 1.29 is 9.53 Å². The number of pyridine rings is 2. The summed E-state index contributed by atoms with van der Waals surface area (Å²) < 4.78 is 7.07. The Labute approximate surface area is 257 Å². The van der Waals surface area contributed by atoms with Crippen molar-refractivity contribution >= 4 is 23.0 Å². The Morgan fingerprint density at radius 2 is 1.70 bits per heavy atom. The number of nitrogens with two attached hydrogens (primary N) is 1. The number of benzene rings is 2. The lowest BCUT2D eigenvalue weighted by atomic mass is 9.82. The van der Waals surface area contributed by atoms with Crippen LogP contribution in [-0.4, -0.2) is 57.1 Å². The van der Waals surface area contributed by atoms with Crippen molar-refractivity contribution in [1.82, 2.24) is 24.4 Å². The number of nitrogens with zero attached hydrogens (tertiary/aromatic N) is 5. The van der Waals surface area contributed by atoms with Gasteiger partial charge in [0, 0.05) is 30.5 Å². The third-order valence-corrected chi connectivity index (χ3v) is 9.45. The number of hydrogen-bond donors (Lipinski definition) is 1. The summed E-state index contributed by atoms with van der Waals surface area (Å²) in [4.78, 5) is 28.9. The van der Waals surface area contributed by atoms with Crippen molar-refractivity contribution in [1.29, 1.82) is 0 Å². The number of likely N-dealkylation sites (tertiary alicyclic amines) is 1. The number of carbonyl (C=O) groups is 1. The predicted octanol–water partition coefficient (Wildman–Crippen LogP) is 6.50. The first-order valence-electron chi connectivity index (χ1n) is 15.6. The van der Waals surface area contributed by atoms with Crippen molar-refractivity contribution in [3.8, 4) is 28.3 Å². The largest absolute Gasteiger partial charge is 0.469 e. The average molecular weight is 587 g/mol. The minimum atomic E-state index is -0.0414. The third kappa shape index (κ3) is 5.57. The topological polar surface area (TPSA) is 99.2 Å². The van der Waals surface area contributed by atoms with Gasteiger partial charge in [-0.1, -0.05) is 42.5 Å². The second kappa shape index (κ2) is 12.2. The quantitative estimate of drug-likeness (QED) is 0.217. The van der Waals surface area contributed by atoms with Crippen molar-refractivity contribution in [2.75, 3.05) is 32.5 Å². The number of anilines is 1. The van der Waals surface area contributed by atoms with Gasteiger partial charge in [0.05, 0.1) is 24.3 Å². The maximum atomic E-state index is 11.9. The number of methoxy groups -OCH3 is 1. The Balaban J connectivity index is 1.13. The average Bonchev–Trinajstić information content (AvgIpc) is 3.70. The van der Waals surface area contributed by atoms with Gasteiger partial charge in [0.2, 0.25) is 0 Å². The van der Waals surface area contributed by atoms with Gasteiger partial charge in [-0.15, -0.1) is 0 Å². The Kier molecular flexibility index (Phi) is 7.83. The first-order valence-corrected chi connectivity index (χ1v) is 15.6. The molecule has 2 N–H and O–H groups in total. The van der Waals surface area contributed by atoms with E-state index < -0.39 is 0 Å². The summed E-state index contributed by atoms with van der Waals surface area (Å²) in [5.41, 5.74) is 13.0. The molecule has 1 atom stereocenters. The molecule has 7 rings (SSSR count). The summed E-state index contributed by atoms with van der Waals surface area (Å²) in [6.07, 6.45) is 6.98. The highest BCUT2D eigenvalue weighted by Crippen LogP contribution is 2.35. The number of hydrogen-bond acceptors (Lipinski definition) is 7. The highest BCUT2D eigenvalue weighted by molar-refractivity contribution is 5.84. The van der Waals surface area contributed by atoms with Crippen LogP contribution in [0.15, 0.2) is 85.1 Å². The molecule has 4 heterocycles. The van der Waals surface area contributed by atoms with E-state index in [1.54, 1.807) is 6.20 Å². The molecule has 8 heteroatoms. The Morgan fingerprint density at radius 3 is 2.45 bits per heavy atom. The number of rotatable bonds is 7. The van der Waals surface area contributed by atoms with Gasteiger partial charge in [0.1, 0.15) is 11.3 Å². The second-order valence-electron chi connectivity index (χ2n) is 12.2. The molecule has 1 saturated carbocycles. The van der Waals surface area contributed by atoms with Gasteiger partial charge in [0.25, 0.3) is 0 Å². The van der Waals surface area contributed by atoms with Gasteiger partial charge in [0.15, 0.2) is 11.5 Å². The molecule has 44 heavy (non-hydrogen) atoms. The minimum Gasteiger partial charge on any atom is -0.469 e. The second-order valence-corrected chi connectivity index (χ2v) is 12.2. The van der Waals surface area contributed by atoms with Crippen LogP contribution in [0, 0.1) is 11.8 Å². The summed E-state index contributed by atoms with van der Waals surface area (Å²) in [5.74, 6) is 2.38. The summed E-state index contributed by atoms with van der Waals surface area (Å²) >= 11 is 0. The van der Waals surface area contributed by atoms with Gasteiger partial charge in [-0.2, -0.15) is 0 Å². The zero-order valence-corrected chi connectivity index (χ0v) is 25.1. The standard InChI is InChI=1S/C36H38N6O2/c1-44-36(43)27-11-9-24(10-12-27)22-41-21-19-28(23-41)25-13-15-29(16-14-25)42-34(30-8-5-20-38-33(30)37)40-32-18-17-31(39-35(32)42)26-6-3-2-4-7-26/h2-8,13-18,20,24,27-28H,9-12,19,21-23H2,1H3,(H2,37,38)/t24-,27-,28-/m1/s1. The zero-order valence-electron chi connectivity index (χ0n) is 25.1. The minimum absolute atomic E-state index is 0.0414. The van der Waals surface area contributed by atoms with E-state index in [-0.39, 0.29) is 11.9 Å². The van der Waals surface area contributed by atoms with Gasteiger partial charge >= 0.3 is 5.97 Å². The molecule has 0 amide bonds. The Hall–Kier alpha value is -4.56. The van der Waals surface area contributed by atoms with Gasteiger partial charge in [-0.3, -0.25) is 9.36 Å². The Bertz CT molecular complexity index is 1760. The molecule has 1 aliphatic carbocycles. The molecule has 3 aromatic heterocycles. The Morgan fingerprint density at radius 1 is 0.909 bits per heavy atom. The number of aromatic nitrogens is 4. The highest BCUT2D eigenvalue weighted by atomic mass is 16.5. The van der Waals surface area contributed by atoms with Crippen molar-refractivity contribution in [3.05, 3.63) is 90.6 Å². The molecule has 8 nitrogen and oxygen atoms in total. The van der Waals surface area contributed by atoms with Crippen LogP contribution in [-0.2, 0) is 9.53 Å². The number of fused-ring (bicyclic) bond motifs is 1. The normalized spacial score (nSPS) is 20.6. The molecule has 5 aromatic rings. The van der Waals surface area contributed by atoms with Gasteiger partial charge in [-0.25, -0.2) is 15.0 Å². The van der Waals surface area contributed by atoms with E-state index in [4.69, 9.17) is 20.4 Å². The zero-order chi connectivity index (χ0) is 30.0. The van der Waals surface area contributed by atoms with E-state index in [1.807, 2.05) is 42.5 Å². The van der Waals surface area contributed by atoms with Crippen LogP contribution in [0.5, 0.6) is 0 Å². The summed E-state index contributed by atoms with van der Waals surface area (Å²) in [7, 11) is 1.50. The van der Waals surface area contributed by atoms with E-state index in [1.165, 1.54) is 12.7 Å². The summed E-state index contributed by atoms with van der Waals surface area (Å²) in [5, 5.41) is 0. The summed E-state index contributed by atoms with van der Waals surface area (Å²) in [6, 6.07) is 27.0. The fourth-order valence-electron chi connectivity index (χ4n) is 7.04. The van der Waals surface area contributed by atoms with E-state index in [9.17, 15) is 4.79 Å². The molecule has 2 fully saturated rings. The maximum Gasteiger partial charge on any atom is 0.308 e. The van der Waals surface area contributed by atoms with E-state index in [0.717, 1.165) is 91.2 Å². The lowest BCUT2D eigenvalue weighted by Crippen LogP contribution is -2.31. The van der Waals surface area contributed by atoms with Crippen molar-refractivity contribution in [2.45, 2.75) is 38.0 Å². The summed E-state index contributed by atoms with van der Waals surface area (Å²) in [6.45, 7) is 3.31. The molecule has 0 bridgehead atoms. The molecule has 224 valence electrons. The van der Waals surface area contributed by atoms with Crippen LogP contribution >= 0.6 is 0 Å². The lowest BCUT2D eigenvalue weighted by Gasteiger charge is -2.30. The molecular formula is C36H38N6O2. The number of esters is 1. The monoisotopic (exact) mass is 586 g/mol. The molecule has 1 aliphatic heterocycles. The molecule has 2 aromatic carbocycles. The SMILES string of the molecule is COC(=O)[C@H]1CC[C@H](CN2CC[C@@H](c3ccc(-n4c(-c5cccnc5N)nc5ccc(-c6ccccc6)nc54)cc3)C2)CC1. The molecule has 1 saturated heterocycles. The number of imidazole rings is 1. The highest BCUT2D eigenvalue weighted by Gasteiger charge is 2.30. The number of ether oxygens (including phenoxy) is 1. The van der Waals surface area contributed by atoms with Crippen LogP contribution in [0.3, 0.4) is 0 Å². The number of carbonyl (C=O) groups excluding carboxylic acids is 1. The first-order chi connectivity index (χ1) is 21.6. The van der Waals surface area contributed by atoms with Crippen LogP contribution in [0.1, 0.15) is 43.6 Å². The lowest BCUT2D eigenvalue weighted by molar-refractivity contribution is -0.146. The number of nitrogen functional groups attached to an aromatic ring is 1.